The number of nitrogens with two attached hydrogens (primary N) is 1. The normalized spacial score (nSPS) is 21.0. The number of rotatable bonds is 3. The average molecular weight is 311 g/mol. The van der Waals surface area contributed by atoms with Crippen LogP contribution in [0.1, 0.15) is 19.3 Å². The van der Waals surface area contributed by atoms with E-state index in [2.05, 4.69) is 15.4 Å². The highest BCUT2D eigenvalue weighted by Gasteiger charge is 2.22. The van der Waals surface area contributed by atoms with Crippen LogP contribution in [0.4, 0.5) is 10.2 Å². The molecule has 1 saturated carbocycles. The number of hydrogen-bond acceptors (Lipinski definition) is 4. The van der Waals surface area contributed by atoms with Crippen molar-refractivity contribution in [3.8, 4) is 11.3 Å². The lowest BCUT2D eigenvalue weighted by molar-refractivity contribution is 0.630. The minimum Gasteiger partial charge on any atom is -0.367 e. The number of anilines is 1. The summed E-state index contributed by atoms with van der Waals surface area (Å²) in [6.07, 6.45) is 4.67. The number of fused-ring (bicyclic) bond motifs is 1. The Bertz CT molecular complexity index is 844. The molecule has 0 unspecified atom stereocenters. The lowest BCUT2D eigenvalue weighted by Gasteiger charge is -2.16. The molecule has 3 N–H and O–H groups in total. The smallest absolute Gasteiger partial charge is 0.157 e. The van der Waals surface area contributed by atoms with Crippen LogP contribution in [0.2, 0.25) is 0 Å². The lowest BCUT2D eigenvalue weighted by atomic mass is 10.1. The van der Waals surface area contributed by atoms with Crippen molar-refractivity contribution >= 4 is 11.5 Å². The maximum absolute atomic E-state index is 14.1. The van der Waals surface area contributed by atoms with Crippen LogP contribution in [0.15, 0.2) is 42.6 Å². The molecule has 0 amide bonds. The fourth-order valence-electron chi connectivity index (χ4n) is 3.18. The van der Waals surface area contributed by atoms with E-state index in [0.29, 0.717) is 22.9 Å². The van der Waals surface area contributed by atoms with E-state index in [1.54, 1.807) is 22.8 Å². The number of halogens is 1. The summed E-state index contributed by atoms with van der Waals surface area (Å²) in [7, 11) is 0. The molecule has 2 atom stereocenters. The van der Waals surface area contributed by atoms with Gasteiger partial charge in [0.1, 0.15) is 11.6 Å². The molecule has 1 fully saturated rings. The van der Waals surface area contributed by atoms with Gasteiger partial charge < -0.3 is 11.1 Å². The van der Waals surface area contributed by atoms with Crippen molar-refractivity contribution in [2.75, 3.05) is 5.32 Å². The molecule has 23 heavy (non-hydrogen) atoms. The largest absolute Gasteiger partial charge is 0.367 e. The third-order valence-electron chi connectivity index (χ3n) is 4.33. The van der Waals surface area contributed by atoms with Crippen molar-refractivity contribution in [3.63, 3.8) is 0 Å². The molecule has 0 radical (unpaired) electrons. The number of nitrogens with zero attached hydrogens (tertiary/aromatic N) is 3. The Morgan fingerprint density at radius 1 is 1.22 bits per heavy atom. The maximum Gasteiger partial charge on any atom is 0.157 e. The molecule has 1 aliphatic rings. The van der Waals surface area contributed by atoms with Gasteiger partial charge in [-0.2, -0.15) is 9.61 Å². The van der Waals surface area contributed by atoms with Gasteiger partial charge in [-0.05, 0) is 31.4 Å². The topological polar surface area (TPSA) is 68.2 Å². The Labute approximate surface area is 133 Å². The van der Waals surface area contributed by atoms with Gasteiger partial charge in [0.2, 0.25) is 0 Å². The van der Waals surface area contributed by atoms with Gasteiger partial charge >= 0.3 is 0 Å². The summed E-state index contributed by atoms with van der Waals surface area (Å²) < 4.78 is 15.8. The average Bonchev–Trinajstić information content (AvgIpc) is 3.16. The summed E-state index contributed by atoms with van der Waals surface area (Å²) in [5, 5.41) is 7.79. The molecule has 2 heterocycles. The number of benzene rings is 1. The third kappa shape index (κ3) is 2.66. The molecule has 1 aliphatic carbocycles. The van der Waals surface area contributed by atoms with Gasteiger partial charge in [-0.3, -0.25) is 0 Å². The van der Waals surface area contributed by atoms with Crippen molar-refractivity contribution in [1.82, 2.24) is 14.6 Å². The van der Waals surface area contributed by atoms with E-state index in [9.17, 15) is 4.39 Å². The van der Waals surface area contributed by atoms with E-state index in [1.165, 1.54) is 6.07 Å². The van der Waals surface area contributed by atoms with Crippen LogP contribution < -0.4 is 11.1 Å². The predicted molar refractivity (Wildman–Crippen MR) is 87.6 cm³/mol. The molecular formula is C17H18FN5. The first kappa shape index (κ1) is 14.1. The van der Waals surface area contributed by atoms with Gasteiger partial charge in [-0.25, -0.2) is 9.37 Å². The molecular weight excluding hydrogens is 293 g/mol. The first-order valence-corrected chi connectivity index (χ1v) is 7.82. The first-order valence-electron chi connectivity index (χ1n) is 7.82. The third-order valence-corrected chi connectivity index (χ3v) is 4.33. The standard InChI is InChI=1S/C17H18FN5/c18-14-4-2-1-3-13(14)15-10-17(21-12-6-5-11(19)9-12)23-16(22-15)7-8-20-23/h1-4,7-8,10-12,21H,5-6,9,19H2/t11-,12-/m1/s1. The van der Waals surface area contributed by atoms with Gasteiger partial charge in [-0.15, -0.1) is 0 Å². The molecule has 6 heteroatoms. The number of nitrogens with one attached hydrogen (secondary N) is 1. The van der Waals surface area contributed by atoms with Crippen LogP contribution >= 0.6 is 0 Å². The summed E-state index contributed by atoms with van der Waals surface area (Å²) in [5.74, 6) is 0.537. The Kier molecular flexibility index (Phi) is 3.46. The molecule has 1 aromatic carbocycles. The van der Waals surface area contributed by atoms with E-state index >= 15 is 0 Å². The summed E-state index contributed by atoms with van der Waals surface area (Å²) in [6, 6.07) is 10.9. The van der Waals surface area contributed by atoms with Crippen LogP contribution in [-0.4, -0.2) is 26.7 Å². The zero-order valence-electron chi connectivity index (χ0n) is 12.6. The minimum absolute atomic E-state index is 0.244. The highest BCUT2D eigenvalue weighted by Crippen LogP contribution is 2.27. The zero-order valence-corrected chi connectivity index (χ0v) is 12.6. The lowest BCUT2D eigenvalue weighted by Crippen LogP contribution is -2.22. The van der Waals surface area contributed by atoms with Crippen molar-refractivity contribution in [1.29, 1.82) is 0 Å². The van der Waals surface area contributed by atoms with Crippen molar-refractivity contribution < 1.29 is 4.39 Å². The van der Waals surface area contributed by atoms with Crippen LogP contribution in [0.5, 0.6) is 0 Å². The molecule has 0 aliphatic heterocycles. The monoisotopic (exact) mass is 311 g/mol. The fourth-order valence-corrected chi connectivity index (χ4v) is 3.18. The maximum atomic E-state index is 14.1. The van der Waals surface area contributed by atoms with Gasteiger partial charge in [0, 0.05) is 29.8 Å². The minimum atomic E-state index is -0.280. The van der Waals surface area contributed by atoms with E-state index in [4.69, 9.17) is 5.73 Å². The van der Waals surface area contributed by atoms with Gasteiger partial charge in [-0.1, -0.05) is 12.1 Å². The second-order valence-corrected chi connectivity index (χ2v) is 6.02. The SMILES string of the molecule is N[C@@H]1CC[C@@H](Nc2cc(-c3ccccc3F)nc3ccnn23)C1. The van der Waals surface area contributed by atoms with E-state index < -0.39 is 0 Å². The van der Waals surface area contributed by atoms with Crippen molar-refractivity contribution in [2.24, 2.45) is 5.73 Å². The Hall–Kier alpha value is -2.47. The predicted octanol–water partition coefficient (Wildman–Crippen LogP) is 2.83. The van der Waals surface area contributed by atoms with E-state index in [-0.39, 0.29) is 11.9 Å². The Morgan fingerprint density at radius 3 is 2.87 bits per heavy atom. The molecule has 0 saturated heterocycles. The molecule has 3 aromatic rings. The highest BCUT2D eigenvalue weighted by molar-refractivity contribution is 5.67. The second kappa shape index (κ2) is 5.62. The van der Waals surface area contributed by atoms with Gasteiger partial charge in [0.25, 0.3) is 0 Å². The summed E-state index contributed by atoms with van der Waals surface area (Å²) in [4.78, 5) is 4.51. The molecule has 0 bridgehead atoms. The van der Waals surface area contributed by atoms with Gasteiger partial charge in [0.05, 0.1) is 11.9 Å². The fraction of sp³-hybridized carbons (Fsp3) is 0.294. The molecule has 118 valence electrons. The number of hydrogen-bond donors (Lipinski definition) is 2. The van der Waals surface area contributed by atoms with Crippen molar-refractivity contribution in [2.45, 2.75) is 31.3 Å². The second-order valence-electron chi connectivity index (χ2n) is 6.02. The zero-order chi connectivity index (χ0) is 15.8. The molecule has 0 spiro atoms. The molecule has 4 rings (SSSR count). The van der Waals surface area contributed by atoms with Crippen LogP contribution in [0.3, 0.4) is 0 Å². The Balaban J connectivity index is 1.77. The summed E-state index contributed by atoms with van der Waals surface area (Å²) in [5.41, 5.74) is 7.76. The Morgan fingerprint density at radius 2 is 2.09 bits per heavy atom. The van der Waals surface area contributed by atoms with E-state index in [0.717, 1.165) is 25.1 Å². The number of aromatic nitrogens is 3. The van der Waals surface area contributed by atoms with E-state index in [1.807, 2.05) is 18.2 Å². The quantitative estimate of drug-likeness (QED) is 0.780. The van der Waals surface area contributed by atoms with Crippen molar-refractivity contribution in [3.05, 3.63) is 48.4 Å². The van der Waals surface area contributed by atoms with Crippen LogP contribution in [0, 0.1) is 5.82 Å². The summed E-state index contributed by atoms with van der Waals surface area (Å²) in [6.45, 7) is 0. The molecule has 5 nitrogen and oxygen atoms in total. The van der Waals surface area contributed by atoms with Crippen LogP contribution in [0.25, 0.3) is 16.9 Å². The summed E-state index contributed by atoms with van der Waals surface area (Å²) >= 11 is 0. The van der Waals surface area contributed by atoms with Crippen LogP contribution in [-0.2, 0) is 0 Å². The van der Waals surface area contributed by atoms with Gasteiger partial charge in [0.15, 0.2) is 5.65 Å². The highest BCUT2D eigenvalue weighted by atomic mass is 19.1. The molecule has 2 aromatic heterocycles. The first-order chi connectivity index (χ1) is 11.2.